The maximum atomic E-state index is 11.2. The largest absolute Gasteiger partial charge is 0.481 e. The average molecular weight is 265 g/mol. The van der Waals surface area contributed by atoms with Crippen molar-refractivity contribution in [2.75, 3.05) is 29.6 Å². The summed E-state index contributed by atoms with van der Waals surface area (Å²) in [5.41, 5.74) is 0. The van der Waals surface area contributed by atoms with E-state index < -0.39 is 5.97 Å². The van der Waals surface area contributed by atoms with E-state index >= 15 is 0 Å². The fourth-order valence-corrected chi connectivity index (χ4v) is 2.31. The van der Waals surface area contributed by atoms with Gasteiger partial charge in [-0.15, -0.1) is 0 Å². The van der Waals surface area contributed by atoms with Crippen LogP contribution in [0, 0.1) is 0 Å². The smallest absolute Gasteiger partial charge is 0.304 e. The Morgan fingerprint density at radius 3 is 2.44 bits per heavy atom. The topological polar surface area (TPSA) is 66.4 Å². The van der Waals surface area contributed by atoms with E-state index in [0.717, 1.165) is 17.3 Å². The normalized spacial score (nSPS) is 10.1. The number of carboxylic acids is 1. The molecule has 4 nitrogen and oxygen atoms in total. The van der Waals surface area contributed by atoms with E-state index in [2.05, 4.69) is 12.2 Å². The molecule has 0 heterocycles. The molecule has 0 saturated heterocycles. The van der Waals surface area contributed by atoms with E-state index in [1.807, 2.05) is 0 Å². The SMILES string of the molecule is CCSCCC(=O)NCCSCCC(=O)O. The Morgan fingerprint density at radius 2 is 1.81 bits per heavy atom. The van der Waals surface area contributed by atoms with Crippen LogP contribution in [0.2, 0.25) is 0 Å². The van der Waals surface area contributed by atoms with Gasteiger partial charge in [0.25, 0.3) is 0 Å². The molecule has 0 aromatic carbocycles. The number of thioether (sulfide) groups is 2. The second-order valence-corrected chi connectivity index (χ2v) is 5.67. The minimum absolute atomic E-state index is 0.0831. The molecule has 1 amide bonds. The Hall–Kier alpha value is -0.360. The predicted octanol–water partition coefficient (Wildman–Crippen LogP) is 1.45. The van der Waals surface area contributed by atoms with Crippen molar-refractivity contribution in [1.29, 1.82) is 0 Å². The van der Waals surface area contributed by atoms with Crippen molar-refractivity contribution >= 4 is 35.4 Å². The first-order valence-electron chi connectivity index (χ1n) is 5.30. The molecule has 94 valence electrons. The Morgan fingerprint density at radius 1 is 1.12 bits per heavy atom. The molecule has 0 saturated carbocycles. The van der Waals surface area contributed by atoms with Gasteiger partial charge in [-0.1, -0.05) is 6.92 Å². The lowest BCUT2D eigenvalue weighted by molar-refractivity contribution is -0.136. The minimum Gasteiger partial charge on any atom is -0.481 e. The molecule has 0 spiro atoms. The summed E-state index contributed by atoms with van der Waals surface area (Å²) in [7, 11) is 0. The summed E-state index contributed by atoms with van der Waals surface area (Å²) in [5, 5.41) is 11.2. The van der Waals surface area contributed by atoms with Crippen LogP contribution in [-0.2, 0) is 9.59 Å². The molecule has 0 aliphatic carbocycles. The van der Waals surface area contributed by atoms with Crippen molar-refractivity contribution in [3.8, 4) is 0 Å². The Kier molecular flexibility index (Phi) is 10.9. The van der Waals surface area contributed by atoms with Gasteiger partial charge >= 0.3 is 5.97 Å². The molecule has 0 atom stereocenters. The molecule has 2 N–H and O–H groups in total. The van der Waals surface area contributed by atoms with Gasteiger partial charge in [0.05, 0.1) is 6.42 Å². The van der Waals surface area contributed by atoms with Crippen molar-refractivity contribution < 1.29 is 14.7 Å². The lowest BCUT2D eigenvalue weighted by Crippen LogP contribution is -2.26. The minimum atomic E-state index is -0.770. The molecule has 6 heteroatoms. The van der Waals surface area contributed by atoms with Gasteiger partial charge in [-0.3, -0.25) is 9.59 Å². The number of carbonyl (C=O) groups excluding carboxylic acids is 1. The lowest BCUT2D eigenvalue weighted by atomic mass is 10.4. The number of amides is 1. The zero-order valence-corrected chi connectivity index (χ0v) is 11.2. The lowest BCUT2D eigenvalue weighted by Gasteiger charge is -2.04. The maximum Gasteiger partial charge on any atom is 0.304 e. The van der Waals surface area contributed by atoms with Gasteiger partial charge in [0, 0.05) is 30.2 Å². The standard InChI is InChI=1S/C10H19NO3S2/c1-2-15-6-3-9(12)11-5-8-16-7-4-10(13)14/h2-8H2,1H3,(H,11,12)(H,13,14). The summed E-state index contributed by atoms with van der Waals surface area (Å²) in [5.74, 6) is 2.61. The monoisotopic (exact) mass is 265 g/mol. The first-order chi connectivity index (χ1) is 7.66. The molecular weight excluding hydrogens is 246 g/mol. The first-order valence-corrected chi connectivity index (χ1v) is 7.61. The second-order valence-electron chi connectivity index (χ2n) is 3.05. The third-order valence-corrected chi connectivity index (χ3v) is 3.59. The van der Waals surface area contributed by atoms with Crippen molar-refractivity contribution in [2.24, 2.45) is 0 Å². The van der Waals surface area contributed by atoms with Crippen LogP contribution in [0.3, 0.4) is 0 Å². The fraction of sp³-hybridized carbons (Fsp3) is 0.800. The summed E-state index contributed by atoms with van der Waals surface area (Å²) >= 11 is 3.31. The van der Waals surface area contributed by atoms with Crippen LogP contribution in [0.4, 0.5) is 0 Å². The van der Waals surface area contributed by atoms with E-state index in [0.29, 0.717) is 18.7 Å². The van der Waals surface area contributed by atoms with Crippen LogP contribution in [0.15, 0.2) is 0 Å². The first kappa shape index (κ1) is 15.6. The number of rotatable bonds is 10. The second kappa shape index (κ2) is 11.1. The van der Waals surface area contributed by atoms with Gasteiger partial charge in [-0.25, -0.2) is 0 Å². The Bertz CT molecular complexity index is 212. The number of carboxylic acid groups (broad SMARTS) is 1. The Balaban J connectivity index is 3.18. The third kappa shape index (κ3) is 11.7. The Labute approximate surface area is 105 Å². The molecular formula is C10H19NO3S2. The molecule has 0 rings (SSSR count). The highest BCUT2D eigenvalue weighted by molar-refractivity contribution is 7.99. The van der Waals surface area contributed by atoms with E-state index in [-0.39, 0.29) is 12.3 Å². The summed E-state index contributed by atoms with van der Waals surface area (Å²) < 4.78 is 0. The van der Waals surface area contributed by atoms with Gasteiger partial charge in [0.1, 0.15) is 0 Å². The van der Waals surface area contributed by atoms with Gasteiger partial charge in [0.15, 0.2) is 0 Å². The summed E-state index contributed by atoms with van der Waals surface area (Å²) in [4.78, 5) is 21.4. The molecule has 0 fully saturated rings. The van der Waals surface area contributed by atoms with Crippen LogP contribution >= 0.6 is 23.5 Å². The van der Waals surface area contributed by atoms with Crippen molar-refractivity contribution in [3.05, 3.63) is 0 Å². The highest BCUT2D eigenvalue weighted by atomic mass is 32.2. The van der Waals surface area contributed by atoms with E-state index in [1.54, 1.807) is 23.5 Å². The fourth-order valence-electron chi connectivity index (χ4n) is 0.922. The number of nitrogens with one attached hydrogen (secondary N) is 1. The number of hydrogen-bond acceptors (Lipinski definition) is 4. The molecule has 0 bridgehead atoms. The molecule has 0 aromatic rings. The van der Waals surface area contributed by atoms with Gasteiger partial charge in [-0.2, -0.15) is 23.5 Å². The van der Waals surface area contributed by atoms with Gasteiger partial charge in [0.2, 0.25) is 5.91 Å². The summed E-state index contributed by atoms with van der Waals surface area (Å²) in [6.07, 6.45) is 0.754. The van der Waals surface area contributed by atoms with Crippen molar-refractivity contribution in [3.63, 3.8) is 0 Å². The van der Waals surface area contributed by atoms with E-state index in [1.165, 1.54) is 0 Å². The highest BCUT2D eigenvalue weighted by Gasteiger charge is 2.00. The molecule has 0 radical (unpaired) electrons. The third-order valence-electron chi connectivity index (χ3n) is 1.71. The van der Waals surface area contributed by atoms with Crippen LogP contribution < -0.4 is 5.32 Å². The van der Waals surface area contributed by atoms with Crippen LogP contribution in [0.5, 0.6) is 0 Å². The van der Waals surface area contributed by atoms with Gasteiger partial charge in [-0.05, 0) is 5.75 Å². The van der Waals surface area contributed by atoms with Crippen LogP contribution in [0.25, 0.3) is 0 Å². The van der Waals surface area contributed by atoms with E-state index in [9.17, 15) is 9.59 Å². The number of hydrogen-bond donors (Lipinski definition) is 2. The summed E-state index contributed by atoms with van der Waals surface area (Å²) in [6, 6.07) is 0. The quantitative estimate of drug-likeness (QED) is 0.585. The zero-order chi connectivity index (χ0) is 12.2. The average Bonchev–Trinajstić information content (AvgIpc) is 2.23. The maximum absolute atomic E-state index is 11.2. The summed E-state index contributed by atoms with van der Waals surface area (Å²) in [6.45, 7) is 2.70. The molecule has 0 aliphatic rings. The number of carbonyl (C=O) groups is 2. The van der Waals surface area contributed by atoms with Crippen molar-refractivity contribution in [1.82, 2.24) is 5.32 Å². The highest BCUT2D eigenvalue weighted by Crippen LogP contribution is 2.02. The van der Waals surface area contributed by atoms with Crippen LogP contribution in [-0.4, -0.2) is 46.5 Å². The van der Waals surface area contributed by atoms with Crippen LogP contribution in [0.1, 0.15) is 19.8 Å². The number of aliphatic carboxylic acids is 1. The van der Waals surface area contributed by atoms with Crippen molar-refractivity contribution in [2.45, 2.75) is 19.8 Å². The molecule has 0 aliphatic heterocycles. The molecule has 16 heavy (non-hydrogen) atoms. The van der Waals surface area contributed by atoms with E-state index in [4.69, 9.17) is 5.11 Å². The zero-order valence-electron chi connectivity index (χ0n) is 9.53. The van der Waals surface area contributed by atoms with Gasteiger partial charge < -0.3 is 10.4 Å². The molecule has 0 unspecified atom stereocenters. The predicted molar refractivity (Wildman–Crippen MR) is 70.2 cm³/mol. The molecule has 0 aromatic heterocycles.